The van der Waals surface area contributed by atoms with Crippen molar-refractivity contribution in [1.29, 1.82) is 0 Å². The largest absolute Gasteiger partial charge is 0.375 e. The average Bonchev–Trinajstić information content (AvgIpc) is 1.93. The van der Waals surface area contributed by atoms with E-state index in [-0.39, 0.29) is 5.54 Å². The molecule has 0 bridgehead atoms. The molecule has 1 saturated carbocycles. The zero-order valence-corrected chi connectivity index (χ0v) is 13.2. The lowest BCUT2D eigenvalue weighted by Gasteiger charge is -2.48. The van der Waals surface area contributed by atoms with Crippen LogP contribution in [-0.4, -0.2) is 10.5 Å². The average molecular weight is 255 g/mol. The van der Waals surface area contributed by atoms with Gasteiger partial charge in [-0.3, -0.25) is 0 Å². The zero-order chi connectivity index (χ0) is 13.3. The fraction of sp³-hybridized carbons (Fsp3) is 0.933. The maximum Gasteiger partial charge on any atom is 0.0726 e. The van der Waals surface area contributed by atoms with Crippen LogP contribution in [0.3, 0.4) is 0 Å². The van der Waals surface area contributed by atoms with E-state index in [4.69, 9.17) is 12.2 Å². The Morgan fingerprint density at radius 3 is 2.35 bits per heavy atom. The lowest BCUT2D eigenvalue weighted by molar-refractivity contribution is 0.0876. The van der Waals surface area contributed by atoms with Crippen LogP contribution in [0.2, 0.25) is 0 Å². The van der Waals surface area contributed by atoms with Gasteiger partial charge in [0.1, 0.15) is 0 Å². The number of nitrogens with one attached hydrogen (secondary N) is 1. The second-order valence-electron chi connectivity index (χ2n) is 7.49. The molecule has 0 saturated heterocycles. The van der Waals surface area contributed by atoms with Gasteiger partial charge in [-0.1, -0.05) is 39.9 Å². The second-order valence-corrected chi connectivity index (χ2v) is 8.10. The summed E-state index contributed by atoms with van der Waals surface area (Å²) < 4.78 is 0. The van der Waals surface area contributed by atoms with Gasteiger partial charge in [0.15, 0.2) is 0 Å². The van der Waals surface area contributed by atoms with E-state index < -0.39 is 0 Å². The molecule has 1 aliphatic carbocycles. The summed E-state index contributed by atoms with van der Waals surface area (Å²) in [5, 5.41) is 3.55. The Morgan fingerprint density at radius 1 is 1.29 bits per heavy atom. The van der Waals surface area contributed by atoms with Crippen LogP contribution in [0.5, 0.6) is 0 Å². The van der Waals surface area contributed by atoms with Crippen molar-refractivity contribution in [1.82, 2.24) is 5.32 Å². The van der Waals surface area contributed by atoms with Gasteiger partial charge in [-0.2, -0.15) is 0 Å². The van der Waals surface area contributed by atoms with Crippen LogP contribution in [0.25, 0.3) is 0 Å². The van der Waals surface area contributed by atoms with Gasteiger partial charge in [0, 0.05) is 5.54 Å². The number of rotatable bonds is 3. The van der Waals surface area contributed by atoms with Crippen molar-refractivity contribution in [3.8, 4) is 0 Å². The summed E-state index contributed by atoms with van der Waals surface area (Å²) in [4.78, 5) is 0.938. The molecule has 0 heterocycles. The van der Waals surface area contributed by atoms with Crippen LogP contribution in [0, 0.1) is 17.3 Å². The molecule has 0 aromatic heterocycles. The summed E-state index contributed by atoms with van der Waals surface area (Å²) in [5.74, 6) is 1.64. The van der Waals surface area contributed by atoms with Gasteiger partial charge in [0.05, 0.1) is 4.99 Å². The van der Waals surface area contributed by atoms with Crippen molar-refractivity contribution in [2.75, 3.05) is 0 Å². The van der Waals surface area contributed by atoms with Gasteiger partial charge in [0.25, 0.3) is 0 Å². The summed E-state index contributed by atoms with van der Waals surface area (Å²) in [6.45, 7) is 13.8. The molecule has 0 aromatic carbocycles. The SMILES string of the molecule is CC(=S)NC1(C)CC(CC(C)C)CC(C)(C)C1. The van der Waals surface area contributed by atoms with E-state index in [1.54, 1.807) is 0 Å². The van der Waals surface area contributed by atoms with Crippen LogP contribution in [0.4, 0.5) is 0 Å². The number of hydrogen-bond acceptors (Lipinski definition) is 1. The Morgan fingerprint density at radius 2 is 1.88 bits per heavy atom. The van der Waals surface area contributed by atoms with Crippen molar-refractivity contribution in [3.05, 3.63) is 0 Å². The Balaban J connectivity index is 2.76. The van der Waals surface area contributed by atoms with Crippen molar-refractivity contribution >= 4 is 17.2 Å². The van der Waals surface area contributed by atoms with E-state index in [0.717, 1.165) is 16.8 Å². The molecular formula is C15H29NS. The third-order valence-electron chi connectivity index (χ3n) is 3.73. The molecule has 0 amide bonds. The zero-order valence-electron chi connectivity index (χ0n) is 12.4. The summed E-state index contributed by atoms with van der Waals surface area (Å²) >= 11 is 5.24. The number of hydrogen-bond donors (Lipinski definition) is 1. The van der Waals surface area contributed by atoms with E-state index in [2.05, 4.69) is 39.9 Å². The van der Waals surface area contributed by atoms with E-state index >= 15 is 0 Å². The predicted octanol–water partition coefficient (Wildman–Crippen LogP) is 4.55. The first-order chi connectivity index (χ1) is 7.62. The smallest absolute Gasteiger partial charge is 0.0726 e. The van der Waals surface area contributed by atoms with E-state index in [9.17, 15) is 0 Å². The minimum atomic E-state index is 0.202. The normalized spacial score (nSPS) is 32.5. The van der Waals surface area contributed by atoms with Crippen molar-refractivity contribution in [2.45, 2.75) is 72.8 Å². The molecule has 0 radical (unpaired) electrons. The van der Waals surface area contributed by atoms with Gasteiger partial charge in [-0.25, -0.2) is 0 Å². The van der Waals surface area contributed by atoms with Crippen LogP contribution in [0.1, 0.15) is 67.2 Å². The van der Waals surface area contributed by atoms with Crippen LogP contribution in [-0.2, 0) is 0 Å². The molecule has 1 N–H and O–H groups in total. The molecule has 2 heteroatoms. The summed E-state index contributed by atoms with van der Waals surface area (Å²) in [7, 11) is 0. The molecular weight excluding hydrogens is 226 g/mol. The minimum Gasteiger partial charge on any atom is -0.375 e. The number of thiocarbonyl (C=S) groups is 1. The van der Waals surface area contributed by atoms with Crippen molar-refractivity contribution in [2.24, 2.45) is 17.3 Å². The highest BCUT2D eigenvalue weighted by Gasteiger charge is 2.41. The molecule has 0 spiro atoms. The quantitative estimate of drug-likeness (QED) is 0.742. The molecule has 1 nitrogen and oxygen atoms in total. The van der Waals surface area contributed by atoms with Crippen molar-refractivity contribution in [3.63, 3.8) is 0 Å². The Kier molecular flexibility index (Phi) is 4.62. The molecule has 0 aliphatic heterocycles. The molecule has 1 fully saturated rings. The molecule has 1 rings (SSSR count). The van der Waals surface area contributed by atoms with E-state index in [1.165, 1.54) is 25.7 Å². The Bertz CT molecular complexity index is 283. The predicted molar refractivity (Wildman–Crippen MR) is 80.4 cm³/mol. The van der Waals surface area contributed by atoms with Gasteiger partial charge in [0.2, 0.25) is 0 Å². The van der Waals surface area contributed by atoms with E-state index in [1.807, 2.05) is 6.92 Å². The lowest BCUT2D eigenvalue weighted by atomic mass is 9.63. The maximum absolute atomic E-state index is 5.24. The van der Waals surface area contributed by atoms with Crippen LogP contribution < -0.4 is 5.32 Å². The molecule has 100 valence electrons. The van der Waals surface area contributed by atoms with Crippen molar-refractivity contribution < 1.29 is 0 Å². The topological polar surface area (TPSA) is 12.0 Å². The highest BCUT2D eigenvalue weighted by atomic mass is 32.1. The summed E-state index contributed by atoms with van der Waals surface area (Å²) in [6, 6.07) is 0. The molecule has 2 unspecified atom stereocenters. The van der Waals surface area contributed by atoms with Gasteiger partial charge in [-0.15, -0.1) is 0 Å². The van der Waals surface area contributed by atoms with Gasteiger partial charge in [-0.05, 0) is 56.8 Å². The fourth-order valence-electron chi connectivity index (χ4n) is 4.04. The second kappa shape index (κ2) is 5.26. The molecule has 1 aliphatic rings. The first-order valence-corrected chi connectivity index (χ1v) is 7.31. The van der Waals surface area contributed by atoms with Crippen LogP contribution >= 0.6 is 12.2 Å². The van der Waals surface area contributed by atoms with Gasteiger partial charge < -0.3 is 5.32 Å². The summed E-state index contributed by atoms with van der Waals surface area (Å²) in [6.07, 6.45) is 5.20. The molecule has 0 aromatic rings. The van der Waals surface area contributed by atoms with Gasteiger partial charge >= 0.3 is 0 Å². The first kappa shape index (κ1) is 14.9. The first-order valence-electron chi connectivity index (χ1n) is 6.91. The summed E-state index contributed by atoms with van der Waals surface area (Å²) in [5.41, 5.74) is 0.636. The fourth-order valence-corrected chi connectivity index (χ4v) is 4.29. The highest BCUT2D eigenvalue weighted by Crippen LogP contribution is 2.45. The third kappa shape index (κ3) is 4.95. The lowest BCUT2D eigenvalue weighted by Crippen LogP contribution is -2.52. The van der Waals surface area contributed by atoms with E-state index in [0.29, 0.717) is 5.41 Å². The Labute approximate surface area is 113 Å². The standard InChI is InChI=1S/C15H29NS/c1-11(2)7-13-8-14(4,5)10-15(6,9-13)16-12(3)17/h11,13H,7-10H2,1-6H3,(H,16,17). The minimum absolute atomic E-state index is 0.202. The van der Waals surface area contributed by atoms with Crippen LogP contribution in [0.15, 0.2) is 0 Å². The highest BCUT2D eigenvalue weighted by molar-refractivity contribution is 7.80. The Hall–Kier alpha value is -0.110. The monoisotopic (exact) mass is 255 g/mol. The third-order valence-corrected chi connectivity index (χ3v) is 3.83. The molecule has 17 heavy (non-hydrogen) atoms. The maximum atomic E-state index is 5.24. The molecule has 2 atom stereocenters.